The molecule has 7 heteroatoms. The fraction of sp³-hybridized carbons (Fsp3) is 0.529. The van der Waals surface area contributed by atoms with Gasteiger partial charge in [0.1, 0.15) is 11.5 Å². The number of nitrogens with one attached hydrogen (secondary N) is 1. The number of anilines is 2. The topological polar surface area (TPSA) is 72.7 Å². The second kappa shape index (κ2) is 8.01. The highest BCUT2D eigenvalue weighted by molar-refractivity contribution is 5.58. The van der Waals surface area contributed by atoms with E-state index in [1.807, 2.05) is 18.2 Å². The molecule has 2 aromatic rings. The quantitative estimate of drug-likeness (QED) is 0.835. The van der Waals surface area contributed by atoms with Gasteiger partial charge in [0, 0.05) is 36.9 Å². The highest BCUT2D eigenvalue weighted by atomic mass is 16.5. The van der Waals surface area contributed by atoms with E-state index in [0.29, 0.717) is 23.4 Å². The first-order chi connectivity index (χ1) is 11.8. The van der Waals surface area contributed by atoms with Crippen molar-refractivity contribution in [2.75, 3.05) is 39.2 Å². The Bertz CT molecular complexity index is 631. The number of benzene rings is 1. The fourth-order valence-corrected chi connectivity index (χ4v) is 2.84. The van der Waals surface area contributed by atoms with Gasteiger partial charge in [0.15, 0.2) is 0 Å². The van der Waals surface area contributed by atoms with E-state index in [1.54, 1.807) is 14.2 Å². The zero-order valence-corrected chi connectivity index (χ0v) is 14.2. The predicted octanol–water partition coefficient (Wildman–Crippen LogP) is 2.86. The third-order valence-electron chi connectivity index (χ3n) is 4.16. The van der Waals surface area contributed by atoms with Gasteiger partial charge in [-0.3, -0.25) is 0 Å². The summed E-state index contributed by atoms with van der Waals surface area (Å²) in [7, 11) is 3.23. The summed E-state index contributed by atoms with van der Waals surface area (Å²) in [5.74, 6) is 2.04. The van der Waals surface area contributed by atoms with E-state index in [0.717, 1.165) is 18.7 Å². The highest BCUT2D eigenvalue weighted by Crippen LogP contribution is 2.27. The van der Waals surface area contributed by atoms with Crippen LogP contribution in [0.4, 0.5) is 11.7 Å². The van der Waals surface area contributed by atoms with Gasteiger partial charge in [-0.2, -0.15) is 0 Å². The van der Waals surface area contributed by atoms with Crippen molar-refractivity contribution in [2.45, 2.75) is 25.7 Å². The summed E-state index contributed by atoms with van der Waals surface area (Å²) in [6, 6.07) is 5.88. The SMILES string of the molecule is COc1cc(Nc2nnc(CCN3CCCCC3)o2)cc(OC)c1. The van der Waals surface area contributed by atoms with Crippen LogP contribution in [-0.2, 0) is 6.42 Å². The summed E-state index contributed by atoms with van der Waals surface area (Å²) in [6.07, 6.45) is 4.69. The Morgan fingerprint density at radius 3 is 2.42 bits per heavy atom. The minimum absolute atomic E-state index is 0.374. The summed E-state index contributed by atoms with van der Waals surface area (Å²) in [5.41, 5.74) is 0.775. The van der Waals surface area contributed by atoms with Gasteiger partial charge in [-0.1, -0.05) is 11.5 Å². The number of aromatic nitrogens is 2. The minimum Gasteiger partial charge on any atom is -0.497 e. The Morgan fingerprint density at radius 2 is 1.75 bits per heavy atom. The normalized spacial score (nSPS) is 15.2. The van der Waals surface area contributed by atoms with Crippen LogP contribution >= 0.6 is 0 Å². The van der Waals surface area contributed by atoms with Gasteiger partial charge < -0.3 is 24.1 Å². The lowest BCUT2D eigenvalue weighted by atomic mass is 10.1. The van der Waals surface area contributed by atoms with Crippen LogP contribution in [0.2, 0.25) is 0 Å². The molecule has 0 spiro atoms. The molecule has 1 aliphatic heterocycles. The molecule has 1 fully saturated rings. The molecule has 0 amide bonds. The Hall–Kier alpha value is -2.28. The van der Waals surface area contributed by atoms with Gasteiger partial charge in [-0.15, -0.1) is 5.10 Å². The Morgan fingerprint density at radius 1 is 1.04 bits per heavy atom. The number of piperidine rings is 1. The molecule has 1 aromatic carbocycles. The number of hydrogen-bond donors (Lipinski definition) is 1. The standard InChI is InChI=1S/C17H24N4O3/c1-22-14-10-13(11-15(12-14)23-2)18-17-20-19-16(24-17)6-9-21-7-4-3-5-8-21/h10-12H,3-9H2,1-2H3,(H,18,20). The first kappa shape index (κ1) is 16.6. The molecule has 130 valence electrons. The first-order valence-corrected chi connectivity index (χ1v) is 8.31. The molecular weight excluding hydrogens is 308 g/mol. The maximum absolute atomic E-state index is 5.68. The number of rotatable bonds is 7. The summed E-state index contributed by atoms with van der Waals surface area (Å²) < 4.78 is 16.2. The van der Waals surface area contributed by atoms with Gasteiger partial charge in [0.05, 0.1) is 14.2 Å². The van der Waals surface area contributed by atoms with Gasteiger partial charge in [-0.25, -0.2) is 0 Å². The monoisotopic (exact) mass is 332 g/mol. The summed E-state index contributed by atoms with van der Waals surface area (Å²) in [5, 5.41) is 11.3. The predicted molar refractivity (Wildman–Crippen MR) is 91.1 cm³/mol. The third-order valence-corrected chi connectivity index (χ3v) is 4.16. The van der Waals surface area contributed by atoms with Crippen LogP contribution in [0, 0.1) is 0 Å². The molecule has 0 saturated carbocycles. The lowest BCUT2D eigenvalue weighted by Gasteiger charge is -2.25. The van der Waals surface area contributed by atoms with Gasteiger partial charge in [-0.05, 0) is 25.9 Å². The van der Waals surface area contributed by atoms with Crippen LogP contribution in [0.25, 0.3) is 0 Å². The fourth-order valence-electron chi connectivity index (χ4n) is 2.84. The molecule has 1 saturated heterocycles. The molecule has 0 bridgehead atoms. The number of nitrogens with zero attached hydrogens (tertiary/aromatic N) is 3. The zero-order chi connectivity index (χ0) is 16.8. The van der Waals surface area contributed by atoms with Crippen molar-refractivity contribution in [3.05, 3.63) is 24.1 Å². The Kier molecular flexibility index (Phi) is 5.53. The Labute approximate surface area is 142 Å². The van der Waals surface area contributed by atoms with Crippen LogP contribution < -0.4 is 14.8 Å². The van der Waals surface area contributed by atoms with Crippen LogP contribution in [0.3, 0.4) is 0 Å². The molecule has 24 heavy (non-hydrogen) atoms. The molecule has 1 N–H and O–H groups in total. The molecule has 0 aliphatic carbocycles. The van der Waals surface area contributed by atoms with Crippen molar-refractivity contribution in [1.82, 2.24) is 15.1 Å². The summed E-state index contributed by atoms with van der Waals surface area (Å²) in [6.45, 7) is 3.31. The van der Waals surface area contributed by atoms with Crippen LogP contribution in [0.15, 0.2) is 22.6 Å². The van der Waals surface area contributed by atoms with Crippen LogP contribution in [-0.4, -0.2) is 49.0 Å². The zero-order valence-electron chi connectivity index (χ0n) is 14.2. The molecule has 1 aliphatic rings. The van der Waals surface area contributed by atoms with E-state index in [9.17, 15) is 0 Å². The van der Waals surface area contributed by atoms with Crippen molar-refractivity contribution in [2.24, 2.45) is 0 Å². The van der Waals surface area contributed by atoms with E-state index >= 15 is 0 Å². The number of likely N-dealkylation sites (tertiary alicyclic amines) is 1. The van der Waals surface area contributed by atoms with Crippen molar-refractivity contribution in [1.29, 1.82) is 0 Å². The summed E-state index contributed by atoms with van der Waals surface area (Å²) in [4.78, 5) is 2.45. The number of hydrogen-bond acceptors (Lipinski definition) is 7. The Balaban J connectivity index is 1.59. The van der Waals surface area contributed by atoms with E-state index in [-0.39, 0.29) is 0 Å². The molecule has 3 rings (SSSR count). The largest absolute Gasteiger partial charge is 0.497 e. The van der Waals surface area contributed by atoms with Crippen molar-refractivity contribution < 1.29 is 13.9 Å². The molecule has 0 unspecified atom stereocenters. The molecular formula is C17H24N4O3. The van der Waals surface area contributed by atoms with Gasteiger partial charge >= 0.3 is 6.01 Å². The first-order valence-electron chi connectivity index (χ1n) is 8.31. The van der Waals surface area contributed by atoms with Crippen molar-refractivity contribution in [3.8, 4) is 11.5 Å². The van der Waals surface area contributed by atoms with E-state index in [2.05, 4.69) is 20.4 Å². The lowest BCUT2D eigenvalue weighted by molar-refractivity contribution is 0.226. The maximum atomic E-state index is 5.68. The van der Waals surface area contributed by atoms with E-state index < -0.39 is 0 Å². The second-order valence-electron chi connectivity index (χ2n) is 5.88. The van der Waals surface area contributed by atoms with Crippen LogP contribution in [0.1, 0.15) is 25.2 Å². The van der Waals surface area contributed by atoms with Gasteiger partial charge in [0.25, 0.3) is 0 Å². The molecule has 1 aromatic heterocycles. The van der Waals surface area contributed by atoms with E-state index in [1.165, 1.54) is 32.4 Å². The number of methoxy groups -OCH3 is 2. The van der Waals surface area contributed by atoms with Gasteiger partial charge in [0.2, 0.25) is 5.89 Å². The average Bonchev–Trinajstić information content (AvgIpc) is 3.07. The molecule has 7 nitrogen and oxygen atoms in total. The molecule has 0 radical (unpaired) electrons. The van der Waals surface area contributed by atoms with Crippen molar-refractivity contribution in [3.63, 3.8) is 0 Å². The molecule has 2 heterocycles. The van der Waals surface area contributed by atoms with Crippen molar-refractivity contribution >= 4 is 11.7 Å². The van der Waals surface area contributed by atoms with Crippen LogP contribution in [0.5, 0.6) is 11.5 Å². The van der Waals surface area contributed by atoms with E-state index in [4.69, 9.17) is 13.9 Å². The maximum Gasteiger partial charge on any atom is 0.320 e. The third kappa shape index (κ3) is 4.38. The average molecular weight is 332 g/mol. The summed E-state index contributed by atoms with van der Waals surface area (Å²) >= 11 is 0. The molecule has 0 atom stereocenters. The second-order valence-corrected chi connectivity index (χ2v) is 5.88. The number of ether oxygens (including phenoxy) is 2. The smallest absolute Gasteiger partial charge is 0.320 e. The highest BCUT2D eigenvalue weighted by Gasteiger charge is 2.13. The lowest BCUT2D eigenvalue weighted by Crippen LogP contribution is -2.31. The minimum atomic E-state index is 0.374.